The Bertz CT molecular complexity index is 1180. The molecule has 2 aliphatic carbocycles. The third kappa shape index (κ3) is 4.89. The summed E-state index contributed by atoms with van der Waals surface area (Å²) in [6.45, 7) is 2.21. The molecule has 4 atom stereocenters. The predicted octanol–water partition coefficient (Wildman–Crippen LogP) is 6.23. The van der Waals surface area contributed by atoms with Gasteiger partial charge in [0.15, 0.2) is 0 Å². The smallest absolute Gasteiger partial charge is 0.407 e. The molecule has 0 saturated heterocycles. The van der Waals surface area contributed by atoms with Crippen molar-refractivity contribution in [1.29, 1.82) is 0 Å². The van der Waals surface area contributed by atoms with E-state index >= 15 is 0 Å². The Labute approximate surface area is 203 Å². The first-order chi connectivity index (χ1) is 16.6. The number of thiazole rings is 1. The number of aromatic nitrogens is 2. The van der Waals surface area contributed by atoms with Gasteiger partial charge < -0.3 is 10.1 Å². The molecule has 5 nitrogen and oxygen atoms in total. The number of ether oxygens (including phenoxy) is 1. The third-order valence-corrected chi connectivity index (χ3v) is 7.92. The highest BCUT2D eigenvalue weighted by Crippen LogP contribution is 2.48. The first kappa shape index (κ1) is 22.7. The summed E-state index contributed by atoms with van der Waals surface area (Å²) in [4.78, 5) is 22.5. The van der Waals surface area contributed by atoms with Crippen molar-refractivity contribution in [3.8, 4) is 11.1 Å². The summed E-state index contributed by atoms with van der Waals surface area (Å²) >= 11 is 1.74. The van der Waals surface area contributed by atoms with E-state index in [-0.39, 0.29) is 18.0 Å². The maximum Gasteiger partial charge on any atom is 0.407 e. The number of carbonyl (C=O) groups excluding carboxylic acids is 1. The van der Waals surface area contributed by atoms with E-state index in [0.29, 0.717) is 24.4 Å². The van der Waals surface area contributed by atoms with E-state index in [1.54, 1.807) is 23.6 Å². The maximum absolute atomic E-state index is 13.5. The van der Waals surface area contributed by atoms with Gasteiger partial charge in [-0.05, 0) is 74.3 Å². The summed E-state index contributed by atoms with van der Waals surface area (Å²) in [6, 6.07) is 10.7. The number of allylic oxidation sites excluding steroid dienone is 1. The number of hydrogen-bond acceptors (Lipinski definition) is 5. The summed E-state index contributed by atoms with van der Waals surface area (Å²) in [5.74, 6) is 1.06. The van der Waals surface area contributed by atoms with E-state index in [1.807, 2.05) is 30.6 Å². The summed E-state index contributed by atoms with van der Waals surface area (Å²) in [7, 11) is 0. The molecule has 1 amide bonds. The van der Waals surface area contributed by atoms with Crippen molar-refractivity contribution in [2.24, 2.45) is 11.8 Å². The van der Waals surface area contributed by atoms with Crippen LogP contribution in [-0.2, 0) is 11.2 Å². The molecule has 5 rings (SSSR count). The molecule has 2 heterocycles. The topological polar surface area (TPSA) is 64.1 Å². The molecule has 0 aliphatic heterocycles. The zero-order valence-corrected chi connectivity index (χ0v) is 19.9. The lowest BCUT2D eigenvalue weighted by Gasteiger charge is -2.42. The van der Waals surface area contributed by atoms with Crippen LogP contribution >= 0.6 is 11.3 Å². The first-order valence-electron chi connectivity index (χ1n) is 11.9. The van der Waals surface area contributed by atoms with E-state index in [4.69, 9.17) is 4.74 Å². The van der Waals surface area contributed by atoms with Crippen molar-refractivity contribution in [3.05, 3.63) is 76.3 Å². The number of fused-ring (bicyclic) bond motifs is 2. The molecule has 0 spiro atoms. The van der Waals surface area contributed by atoms with Gasteiger partial charge in [-0.25, -0.2) is 14.2 Å². The number of pyridine rings is 1. The van der Waals surface area contributed by atoms with Crippen LogP contribution < -0.4 is 5.32 Å². The van der Waals surface area contributed by atoms with Crippen LogP contribution in [0, 0.1) is 17.7 Å². The molecule has 176 valence electrons. The maximum atomic E-state index is 13.5. The van der Waals surface area contributed by atoms with Crippen LogP contribution in [0.15, 0.2) is 54.2 Å². The number of nitrogens with one attached hydrogen (secondary N) is 1. The van der Waals surface area contributed by atoms with Crippen molar-refractivity contribution in [1.82, 2.24) is 15.3 Å². The van der Waals surface area contributed by atoms with Gasteiger partial charge in [0.2, 0.25) is 0 Å². The highest BCUT2D eigenvalue weighted by Gasteiger charge is 2.41. The Hall–Kier alpha value is -3.06. The third-order valence-electron chi connectivity index (χ3n) is 6.95. The van der Waals surface area contributed by atoms with Crippen molar-refractivity contribution in [3.63, 3.8) is 0 Å². The summed E-state index contributed by atoms with van der Waals surface area (Å²) in [5.41, 5.74) is 5.73. The number of amides is 1. The standard InChI is InChI=1S/C27H28FN3O2S/c1-2-33-27(32)31-22-9-10-23-19(13-22)14-25-26(34-16-30-25)24(23)11-8-21-7-6-18(15-29-21)17-4-3-5-20(28)12-17/h3-8,11-12,15-16,19,22-24H,2,9-10,13-14H2,1H3,(H,31,32)/b11-8+/t19-,22-,23+,24-/m0/s1. The lowest BCUT2D eigenvalue weighted by atomic mass is 9.65. The molecule has 1 aromatic carbocycles. The highest BCUT2D eigenvalue weighted by atomic mass is 32.1. The minimum atomic E-state index is -0.319. The Kier molecular flexibility index (Phi) is 6.72. The summed E-state index contributed by atoms with van der Waals surface area (Å²) in [5, 5.41) is 3.04. The number of rotatable bonds is 5. The molecule has 2 aromatic heterocycles. The molecule has 0 radical (unpaired) electrons. The number of halogens is 1. The van der Waals surface area contributed by atoms with Gasteiger partial charge in [0.25, 0.3) is 0 Å². The van der Waals surface area contributed by atoms with Crippen LogP contribution in [0.4, 0.5) is 9.18 Å². The minimum absolute atomic E-state index is 0.155. The number of alkyl carbamates (subject to hydrolysis) is 1. The molecule has 7 heteroatoms. The normalized spacial score (nSPS) is 23.8. The van der Waals surface area contributed by atoms with Gasteiger partial charge in [0, 0.05) is 28.6 Å². The average molecular weight is 478 g/mol. The zero-order chi connectivity index (χ0) is 23.5. The molecule has 3 aromatic rings. The molecule has 0 unspecified atom stereocenters. The fourth-order valence-electron chi connectivity index (χ4n) is 5.39. The number of carbonyl (C=O) groups is 1. The van der Waals surface area contributed by atoms with Crippen LogP contribution in [0.25, 0.3) is 17.2 Å². The molecule has 1 N–H and O–H groups in total. The van der Waals surface area contributed by atoms with Gasteiger partial charge in [0.1, 0.15) is 5.82 Å². The van der Waals surface area contributed by atoms with E-state index in [1.165, 1.54) is 22.7 Å². The molecule has 1 saturated carbocycles. The van der Waals surface area contributed by atoms with Gasteiger partial charge in [0.05, 0.1) is 23.5 Å². The predicted molar refractivity (Wildman–Crippen MR) is 132 cm³/mol. The first-order valence-corrected chi connectivity index (χ1v) is 12.7. The lowest BCUT2D eigenvalue weighted by Crippen LogP contribution is -2.44. The van der Waals surface area contributed by atoms with Gasteiger partial charge >= 0.3 is 6.09 Å². The number of nitrogens with zero attached hydrogens (tertiary/aromatic N) is 2. The molecule has 1 fully saturated rings. The minimum Gasteiger partial charge on any atom is -0.450 e. The van der Waals surface area contributed by atoms with Gasteiger partial charge in [-0.3, -0.25) is 4.98 Å². The van der Waals surface area contributed by atoms with Gasteiger partial charge in [-0.15, -0.1) is 11.3 Å². The second kappa shape index (κ2) is 10.1. The Balaban J connectivity index is 1.32. The second-order valence-corrected chi connectivity index (χ2v) is 9.92. The highest BCUT2D eigenvalue weighted by molar-refractivity contribution is 7.09. The Morgan fingerprint density at radius 2 is 2.15 bits per heavy atom. The van der Waals surface area contributed by atoms with Crippen molar-refractivity contribution in [2.75, 3.05) is 6.61 Å². The summed E-state index contributed by atoms with van der Waals surface area (Å²) in [6.07, 6.45) is 9.77. The zero-order valence-electron chi connectivity index (χ0n) is 19.1. The van der Waals surface area contributed by atoms with E-state index in [9.17, 15) is 9.18 Å². The molecule has 0 bridgehead atoms. The van der Waals surface area contributed by atoms with Crippen LogP contribution in [0.1, 0.15) is 48.4 Å². The molecule has 2 aliphatic rings. The van der Waals surface area contributed by atoms with E-state index < -0.39 is 0 Å². The quantitative estimate of drug-likeness (QED) is 0.473. The molecular weight excluding hydrogens is 449 g/mol. The van der Waals surface area contributed by atoms with Gasteiger partial charge in [-0.2, -0.15) is 0 Å². The van der Waals surface area contributed by atoms with Crippen LogP contribution in [0.3, 0.4) is 0 Å². The SMILES string of the molecule is CCOC(=O)N[C@H]1CC[C@@H]2[C@H](Cc3ncsc3[C@H]2/C=C/c2ccc(-c3cccc(F)c3)cn2)C1. The van der Waals surface area contributed by atoms with Crippen molar-refractivity contribution in [2.45, 2.75) is 44.6 Å². The van der Waals surface area contributed by atoms with Crippen molar-refractivity contribution >= 4 is 23.5 Å². The number of hydrogen-bond donors (Lipinski definition) is 1. The lowest BCUT2D eigenvalue weighted by molar-refractivity contribution is 0.129. The van der Waals surface area contributed by atoms with Crippen LogP contribution in [-0.4, -0.2) is 28.7 Å². The Morgan fingerprint density at radius 1 is 1.24 bits per heavy atom. The molecule has 34 heavy (non-hydrogen) atoms. The monoisotopic (exact) mass is 477 g/mol. The van der Waals surface area contributed by atoms with Gasteiger partial charge in [-0.1, -0.05) is 24.3 Å². The van der Waals surface area contributed by atoms with E-state index in [0.717, 1.165) is 42.5 Å². The molecular formula is C27H28FN3O2S. The van der Waals surface area contributed by atoms with E-state index in [2.05, 4.69) is 27.4 Å². The fraction of sp³-hybridized carbons (Fsp3) is 0.370. The van der Waals surface area contributed by atoms with Crippen molar-refractivity contribution < 1.29 is 13.9 Å². The largest absolute Gasteiger partial charge is 0.450 e. The second-order valence-electron chi connectivity index (χ2n) is 9.03. The Morgan fingerprint density at radius 3 is 2.94 bits per heavy atom. The number of benzene rings is 1. The van der Waals surface area contributed by atoms with Crippen LogP contribution in [0.2, 0.25) is 0 Å². The average Bonchev–Trinajstić information content (AvgIpc) is 3.30. The summed E-state index contributed by atoms with van der Waals surface area (Å²) < 4.78 is 18.6. The fourth-order valence-corrected chi connectivity index (χ4v) is 6.36. The van der Waals surface area contributed by atoms with Crippen LogP contribution in [0.5, 0.6) is 0 Å².